The summed E-state index contributed by atoms with van der Waals surface area (Å²) < 4.78 is 22.9. The fourth-order valence-electron chi connectivity index (χ4n) is 3.90. The summed E-state index contributed by atoms with van der Waals surface area (Å²) in [6.07, 6.45) is 2.16. The Morgan fingerprint density at radius 2 is 1.73 bits per heavy atom. The van der Waals surface area contributed by atoms with Gasteiger partial charge in [0, 0.05) is 0 Å². The molecule has 0 spiro atoms. The summed E-state index contributed by atoms with van der Waals surface area (Å²) >= 11 is -0.0308. The summed E-state index contributed by atoms with van der Waals surface area (Å²) in [6, 6.07) is 10.00. The molecule has 1 saturated carbocycles. The number of ether oxygens (including phenoxy) is 4. The van der Waals surface area contributed by atoms with Crippen molar-refractivity contribution in [1.82, 2.24) is 0 Å². The van der Waals surface area contributed by atoms with Crippen LogP contribution in [0.5, 0.6) is 0 Å². The molecule has 140 valence electrons. The van der Waals surface area contributed by atoms with Crippen LogP contribution in [-0.4, -0.2) is 66.5 Å². The van der Waals surface area contributed by atoms with Gasteiger partial charge in [-0.15, -0.1) is 0 Å². The SMILES string of the molecule is COC(=O)C1=C[C@@]2(OC)C(=O)C(OC)(OC)[C@@H]1C[C@H]2[Se]c1ccccc1. The number of rotatable bonds is 6. The molecule has 0 heterocycles. The first-order valence-corrected chi connectivity index (χ1v) is 10.1. The standard InChI is InChI=1S/C19H22O6Se/c1-22-16(20)13-11-18(23-2)15(26-12-8-6-5-7-9-12)10-14(13)19(24-3,25-4)17(18)21/h5-9,11,14-15H,10H2,1-4H3/t14-,15-,18+/m1/s1. The van der Waals surface area contributed by atoms with E-state index in [2.05, 4.69) is 0 Å². The Kier molecular flexibility index (Phi) is 5.37. The molecule has 0 aromatic heterocycles. The van der Waals surface area contributed by atoms with Gasteiger partial charge in [0.15, 0.2) is 0 Å². The van der Waals surface area contributed by atoms with Gasteiger partial charge in [0.25, 0.3) is 0 Å². The van der Waals surface area contributed by atoms with Crippen LogP contribution in [0.4, 0.5) is 0 Å². The van der Waals surface area contributed by atoms with E-state index < -0.39 is 23.3 Å². The molecule has 0 N–H and O–H groups in total. The normalized spacial score (nSPS) is 29.4. The number of hydrogen-bond acceptors (Lipinski definition) is 6. The van der Waals surface area contributed by atoms with Gasteiger partial charge in [-0.3, -0.25) is 0 Å². The summed E-state index contributed by atoms with van der Waals surface area (Å²) in [7, 11) is 5.63. The minimum atomic E-state index is -1.54. The molecule has 7 heteroatoms. The van der Waals surface area contributed by atoms with E-state index in [0.29, 0.717) is 12.0 Å². The Hall–Kier alpha value is -1.50. The molecule has 3 atom stereocenters. The zero-order valence-electron chi connectivity index (χ0n) is 15.2. The molecule has 1 fully saturated rings. The first-order valence-electron chi connectivity index (χ1n) is 8.22. The summed E-state index contributed by atoms with van der Waals surface area (Å²) in [5.74, 6) is -2.88. The third kappa shape index (κ3) is 2.66. The number of Topliss-reactive ketones (excluding diaryl/α,β-unsaturated/α-hetero) is 1. The molecule has 3 aliphatic rings. The number of fused-ring (bicyclic) bond motifs is 2. The van der Waals surface area contributed by atoms with Crippen LogP contribution in [0.1, 0.15) is 6.42 Å². The monoisotopic (exact) mass is 426 g/mol. The van der Waals surface area contributed by atoms with Gasteiger partial charge in [0.2, 0.25) is 0 Å². The fourth-order valence-corrected chi connectivity index (χ4v) is 6.79. The quantitative estimate of drug-likeness (QED) is 0.383. The molecular formula is C19H22O6Se. The molecule has 26 heavy (non-hydrogen) atoms. The van der Waals surface area contributed by atoms with Gasteiger partial charge in [-0.1, -0.05) is 0 Å². The van der Waals surface area contributed by atoms with Crippen molar-refractivity contribution in [2.75, 3.05) is 28.4 Å². The van der Waals surface area contributed by atoms with Crippen molar-refractivity contribution in [3.63, 3.8) is 0 Å². The molecule has 6 nitrogen and oxygen atoms in total. The average Bonchev–Trinajstić information content (AvgIpc) is 2.69. The van der Waals surface area contributed by atoms with Crippen LogP contribution in [0.2, 0.25) is 4.82 Å². The van der Waals surface area contributed by atoms with E-state index in [4.69, 9.17) is 18.9 Å². The molecule has 0 aliphatic heterocycles. The minimum absolute atomic E-state index is 0.0308. The Morgan fingerprint density at radius 1 is 1.08 bits per heavy atom. The van der Waals surface area contributed by atoms with E-state index in [9.17, 15) is 9.59 Å². The van der Waals surface area contributed by atoms with Crippen LogP contribution in [0.3, 0.4) is 0 Å². The number of esters is 1. The molecule has 1 aromatic carbocycles. The second-order valence-electron chi connectivity index (χ2n) is 6.20. The summed E-state index contributed by atoms with van der Waals surface area (Å²) in [6.45, 7) is 0. The Bertz CT molecular complexity index is 727. The molecule has 0 saturated heterocycles. The van der Waals surface area contributed by atoms with Gasteiger partial charge in [-0.05, 0) is 0 Å². The average molecular weight is 425 g/mol. The third-order valence-corrected chi connectivity index (χ3v) is 8.07. The van der Waals surface area contributed by atoms with Crippen molar-refractivity contribution in [3.8, 4) is 0 Å². The van der Waals surface area contributed by atoms with Crippen LogP contribution in [-0.2, 0) is 28.5 Å². The Balaban J connectivity index is 2.10. The van der Waals surface area contributed by atoms with E-state index in [1.807, 2.05) is 30.3 Å². The fraction of sp³-hybridized carbons (Fsp3) is 0.474. The predicted molar refractivity (Wildman–Crippen MR) is 95.3 cm³/mol. The topological polar surface area (TPSA) is 71.1 Å². The number of methoxy groups -OCH3 is 4. The van der Waals surface area contributed by atoms with Crippen LogP contribution in [0, 0.1) is 5.92 Å². The van der Waals surface area contributed by atoms with Crippen molar-refractivity contribution >= 4 is 31.2 Å². The summed E-state index contributed by atoms with van der Waals surface area (Å²) in [5, 5.41) is 0. The molecule has 0 unspecified atom stereocenters. The number of hydrogen-bond donors (Lipinski definition) is 0. The Labute approximate surface area is 159 Å². The predicted octanol–water partition coefficient (Wildman–Crippen LogP) is 0.881. The van der Waals surface area contributed by atoms with Crippen molar-refractivity contribution in [1.29, 1.82) is 0 Å². The van der Waals surface area contributed by atoms with Crippen molar-refractivity contribution < 1.29 is 28.5 Å². The van der Waals surface area contributed by atoms with E-state index in [1.54, 1.807) is 6.08 Å². The van der Waals surface area contributed by atoms with Gasteiger partial charge >= 0.3 is 159 Å². The van der Waals surface area contributed by atoms with Gasteiger partial charge in [-0.2, -0.15) is 0 Å². The number of carbonyl (C=O) groups is 2. The van der Waals surface area contributed by atoms with Gasteiger partial charge in [-0.25, -0.2) is 0 Å². The van der Waals surface area contributed by atoms with Crippen molar-refractivity contribution in [2.45, 2.75) is 22.6 Å². The second-order valence-corrected chi connectivity index (χ2v) is 8.88. The molecule has 0 radical (unpaired) electrons. The second kappa shape index (κ2) is 7.25. The molecule has 4 rings (SSSR count). The van der Waals surface area contributed by atoms with E-state index >= 15 is 0 Å². The van der Waals surface area contributed by atoms with E-state index in [1.165, 1.54) is 28.4 Å². The summed E-state index contributed by atoms with van der Waals surface area (Å²) in [5.41, 5.74) is -0.905. The molecule has 1 aromatic rings. The van der Waals surface area contributed by atoms with Crippen molar-refractivity contribution in [3.05, 3.63) is 42.0 Å². The number of benzene rings is 1. The zero-order chi connectivity index (χ0) is 18.9. The van der Waals surface area contributed by atoms with Gasteiger partial charge < -0.3 is 0 Å². The van der Waals surface area contributed by atoms with Crippen LogP contribution >= 0.6 is 0 Å². The van der Waals surface area contributed by atoms with Crippen LogP contribution < -0.4 is 4.46 Å². The number of carbonyl (C=O) groups excluding carboxylic acids is 2. The molecular weight excluding hydrogens is 403 g/mol. The van der Waals surface area contributed by atoms with E-state index in [0.717, 1.165) is 4.46 Å². The zero-order valence-corrected chi connectivity index (χ0v) is 16.9. The van der Waals surface area contributed by atoms with Crippen molar-refractivity contribution in [2.24, 2.45) is 5.92 Å². The van der Waals surface area contributed by atoms with Gasteiger partial charge in [0.1, 0.15) is 0 Å². The molecule has 0 amide bonds. The molecule has 3 aliphatic carbocycles. The van der Waals surface area contributed by atoms with Crippen LogP contribution in [0.25, 0.3) is 0 Å². The van der Waals surface area contributed by atoms with E-state index in [-0.39, 0.29) is 25.6 Å². The number of ketones is 1. The maximum atomic E-state index is 13.4. The third-order valence-electron chi connectivity index (χ3n) is 5.19. The first kappa shape index (κ1) is 19.3. The van der Waals surface area contributed by atoms with Crippen LogP contribution in [0.15, 0.2) is 42.0 Å². The molecule has 2 bridgehead atoms. The Morgan fingerprint density at radius 3 is 2.27 bits per heavy atom. The summed E-state index contributed by atoms with van der Waals surface area (Å²) in [4.78, 5) is 25.7. The first-order chi connectivity index (χ1) is 12.5. The maximum absolute atomic E-state index is 13.4. The van der Waals surface area contributed by atoms with Gasteiger partial charge in [0.05, 0.1) is 0 Å².